The number of Topliss-reactive ketones (excluding diaryl/α,β-unsaturated/α-hetero) is 2. The lowest BCUT2D eigenvalue weighted by atomic mass is 9.92. The van der Waals surface area contributed by atoms with Crippen LogP contribution in [0.15, 0.2) is 0 Å². The fourth-order valence-corrected chi connectivity index (χ4v) is 4.14. The summed E-state index contributed by atoms with van der Waals surface area (Å²) in [5.41, 5.74) is 0. The monoisotopic (exact) mass is 512 g/mol. The van der Waals surface area contributed by atoms with Crippen LogP contribution in [0.25, 0.3) is 0 Å². The second-order valence-electron chi connectivity index (χ2n) is 9.69. The third kappa shape index (κ3) is 17.2. The summed E-state index contributed by atoms with van der Waals surface area (Å²) in [6.45, 7) is 4.30. The van der Waals surface area contributed by atoms with Gasteiger partial charge in [0.1, 0.15) is 5.92 Å². The van der Waals surface area contributed by atoms with Gasteiger partial charge in [-0.3, -0.25) is 19.2 Å². The van der Waals surface area contributed by atoms with Crippen LogP contribution < -0.4 is 0 Å². The molecule has 8 nitrogen and oxygen atoms in total. The topological polar surface area (TPSA) is 135 Å². The average Bonchev–Trinajstić information content (AvgIpc) is 2.83. The number of hydrogen-bond donors (Lipinski definition) is 2. The van der Waals surface area contributed by atoms with E-state index in [1.807, 2.05) is 0 Å². The smallest absolute Gasteiger partial charge is 0.345 e. The van der Waals surface area contributed by atoms with Gasteiger partial charge in [0.05, 0.1) is 6.42 Å². The van der Waals surface area contributed by atoms with Crippen molar-refractivity contribution in [2.45, 2.75) is 142 Å². The summed E-state index contributed by atoms with van der Waals surface area (Å²) in [4.78, 5) is 60.2. The molecular formula is C28H48O8. The molecule has 8 heteroatoms. The standard InChI is InChI=1S/C28H48O8/c1-3-5-7-9-11-12-13-14-15-17-19-22(28(35)36-24(27(33)34)21-25(30)31)26(32)23(29)20-18-16-10-8-6-4-2/h22,24H,3-21H2,1-2H3,(H,30,31)(H,33,34). The Bertz CT molecular complexity index is 658. The molecule has 0 fully saturated rings. The molecule has 0 saturated carbocycles. The molecule has 0 spiro atoms. The molecule has 2 unspecified atom stereocenters. The summed E-state index contributed by atoms with van der Waals surface area (Å²) in [6, 6.07) is 0. The van der Waals surface area contributed by atoms with Gasteiger partial charge in [0.25, 0.3) is 0 Å². The highest BCUT2D eigenvalue weighted by Crippen LogP contribution is 2.19. The maximum absolute atomic E-state index is 12.8. The zero-order valence-electron chi connectivity index (χ0n) is 22.4. The second kappa shape index (κ2) is 22.0. The Labute approximate surface area is 216 Å². The van der Waals surface area contributed by atoms with E-state index >= 15 is 0 Å². The largest absolute Gasteiger partial charge is 0.481 e. The van der Waals surface area contributed by atoms with E-state index in [9.17, 15) is 29.1 Å². The molecule has 0 aromatic rings. The van der Waals surface area contributed by atoms with E-state index in [2.05, 4.69) is 13.8 Å². The molecule has 0 aliphatic carbocycles. The molecule has 0 aliphatic heterocycles. The van der Waals surface area contributed by atoms with Crippen LogP contribution in [0, 0.1) is 5.92 Å². The highest BCUT2D eigenvalue weighted by molar-refractivity contribution is 6.41. The number of hydrogen-bond acceptors (Lipinski definition) is 6. The third-order valence-electron chi connectivity index (χ3n) is 6.37. The van der Waals surface area contributed by atoms with Crippen LogP contribution in [0.1, 0.15) is 136 Å². The number of carbonyl (C=O) groups excluding carboxylic acids is 3. The number of ketones is 2. The lowest BCUT2D eigenvalue weighted by Gasteiger charge is -2.18. The predicted molar refractivity (Wildman–Crippen MR) is 138 cm³/mol. The highest BCUT2D eigenvalue weighted by atomic mass is 16.6. The number of aliphatic carboxylic acids is 2. The van der Waals surface area contributed by atoms with Gasteiger partial charge in [0.15, 0.2) is 5.78 Å². The Morgan fingerprint density at radius 2 is 1.08 bits per heavy atom. The van der Waals surface area contributed by atoms with E-state index in [0.29, 0.717) is 12.8 Å². The van der Waals surface area contributed by atoms with Crippen molar-refractivity contribution in [3.8, 4) is 0 Å². The number of carboxylic acids is 2. The van der Waals surface area contributed by atoms with Crippen molar-refractivity contribution in [3.63, 3.8) is 0 Å². The van der Waals surface area contributed by atoms with Crippen LogP contribution >= 0.6 is 0 Å². The molecule has 0 heterocycles. The van der Waals surface area contributed by atoms with Crippen LogP contribution in [0.2, 0.25) is 0 Å². The Kier molecular flexibility index (Phi) is 20.6. The number of ether oxygens (including phenoxy) is 1. The van der Waals surface area contributed by atoms with Crippen molar-refractivity contribution in [1.29, 1.82) is 0 Å². The molecular weight excluding hydrogens is 464 g/mol. The number of unbranched alkanes of at least 4 members (excludes halogenated alkanes) is 14. The molecule has 2 atom stereocenters. The van der Waals surface area contributed by atoms with E-state index in [4.69, 9.17) is 9.84 Å². The van der Waals surface area contributed by atoms with Gasteiger partial charge >= 0.3 is 17.9 Å². The summed E-state index contributed by atoms with van der Waals surface area (Å²) in [5, 5.41) is 18.1. The molecule has 0 amide bonds. The van der Waals surface area contributed by atoms with Gasteiger partial charge in [-0.2, -0.15) is 0 Å². The first-order chi connectivity index (χ1) is 17.2. The van der Waals surface area contributed by atoms with E-state index in [0.717, 1.165) is 57.8 Å². The van der Waals surface area contributed by atoms with Crippen LogP contribution in [0.5, 0.6) is 0 Å². The molecule has 0 aromatic heterocycles. The van der Waals surface area contributed by atoms with Gasteiger partial charge in [-0.25, -0.2) is 4.79 Å². The highest BCUT2D eigenvalue weighted by Gasteiger charge is 2.35. The fraction of sp³-hybridized carbons (Fsp3) is 0.821. The first-order valence-corrected chi connectivity index (χ1v) is 14.0. The molecule has 2 N–H and O–H groups in total. The van der Waals surface area contributed by atoms with Crippen LogP contribution in [-0.2, 0) is 28.7 Å². The molecule has 0 rings (SSSR count). The van der Waals surface area contributed by atoms with Gasteiger partial charge in [-0.1, -0.05) is 110 Å². The van der Waals surface area contributed by atoms with E-state index in [-0.39, 0.29) is 12.8 Å². The lowest BCUT2D eigenvalue weighted by molar-refractivity contribution is -0.171. The summed E-state index contributed by atoms with van der Waals surface area (Å²) < 4.78 is 4.88. The number of rotatable bonds is 25. The van der Waals surface area contributed by atoms with Gasteiger partial charge in [-0.05, 0) is 12.8 Å². The third-order valence-corrected chi connectivity index (χ3v) is 6.37. The zero-order chi connectivity index (χ0) is 27.2. The Balaban J connectivity index is 4.81. The Morgan fingerprint density at radius 3 is 1.53 bits per heavy atom. The normalized spacial score (nSPS) is 12.6. The predicted octanol–water partition coefficient (Wildman–Crippen LogP) is 6.27. The number of esters is 1. The van der Waals surface area contributed by atoms with Gasteiger partial charge in [0, 0.05) is 6.42 Å². The maximum atomic E-state index is 12.8. The fourth-order valence-electron chi connectivity index (χ4n) is 4.14. The van der Waals surface area contributed by atoms with E-state index < -0.39 is 47.9 Å². The number of carboxylic acid groups (broad SMARTS) is 2. The summed E-state index contributed by atoms with van der Waals surface area (Å²) in [5.74, 6) is -7.06. The van der Waals surface area contributed by atoms with Crippen LogP contribution in [-0.4, -0.2) is 45.8 Å². The number of carbonyl (C=O) groups is 5. The Hall–Kier alpha value is -2.25. The SMILES string of the molecule is CCCCCCCCCCCCC(C(=O)OC(CC(=O)O)C(=O)O)C(=O)C(=O)CCCCCCCC. The minimum Gasteiger partial charge on any atom is -0.481 e. The van der Waals surface area contributed by atoms with Gasteiger partial charge < -0.3 is 14.9 Å². The van der Waals surface area contributed by atoms with Crippen molar-refractivity contribution >= 4 is 29.5 Å². The summed E-state index contributed by atoms with van der Waals surface area (Å²) in [6.07, 6.45) is 13.6. The molecule has 0 saturated heterocycles. The summed E-state index contributed by atoms with van der Waals surface area (Å²) in [7, 11) is 0. The van der Waals surface area contributed by atoms with Crippen molar-refractivity contribution in [1.82, 2.24) is 0 Å². The molecule has 208 valence electrons. The van der Waals surface area contributed by atoms with Crippen molar-refractivity contribution < 1.29 is 38.9 Å². The van der Waals surface area contributed by atoms with Crippen molar-refractivity contribution in [2.75, 3.05) is 0 Å². The van der Waals surface area contributed by atoms with Crippen LogP contribution in [0.4, 0.5) is 0 Å². The second-order valence-corrected chi connectivity index (χ2v) is 9.69. The molecule has 0 aliphatic rings. The maximum Gasteiger partial charge on any atom is 0.345 e. The minimum absolute atomic E-state index is 0.0459. The summed E-state index contributed by atoms with van der Waals surface area (Å²) >= 11 is 0. The van der Waals surface area contributed by atoms with Gasteiger partial charge in [-0.15, -0.1) is 0 Å². The van der Waals surface area contributed by atoms with Crippen molar-refractivity contribution in [2.24, 2.45) is 5.92 Å². The van der Waals surface area contributed by atoms with Crippen LogP contribution in [0.3, 0.4) is 0 Å². The first kappa shape index (κ1) is 33.8. The zero-order valence-corrected chi connectivity index (χ0v) is 22.4. The van der Waals surface area contributed by atoms with E-state index in [1.165, 1.54) is 32.1 Å². The molecule has 0 radical (unpaired) electrons. The van der Waals surface area contributed by atoms with E-state index in [1.54, 1.807) is 0 Å². The molecule has 0 aromatic carbocycles. The minimum atomic E-state index is -1.90. The van der Waals surface area contributed by atoms with Gasteiger partial charge in [0.2, 0.25) is 11.9 Å². The quantitative estimate of drug-likeness (QED) is 0.0632. The first-order valence-electron chi connectivity index (χ1n) is 14.0. The lowest BCUT2D eigenvalue weighted by Crippen LogP contribution is -2.37. The molecule has 0 bridgehead atoms. The molecule has 36 heavy (non-hydrogen) atoms. The average molecular weight is 513 g/mol. The van der Waals surface area contributed by atoms with Crippen molar-refractivity contribution in [3.05, 3.63) is 0 Å². The Morgan fingerprint density at radius 1 is 0.639 bits per heavy atom.